The van der Waals surface area contributed by atoms with Crippen LogP contribution in [0.15, 0.2) is 66.7 Å². The average Bonchev–Trinajstić information content (AvgIpc) is 3.32. The number of nitrogens with one attached hydrogen (secondary N) is 1. The van der Waals surface area contributed by atoms with Gasteiger partial charge >= 0.3 is 0 Å². The van der Waals surface area contributed by atoms with Gasteiger partial charge in [-0.15, -0.1) is 0 Å². The van der Waals surface area contributed by atoms with Crippen LogP contribution in [-0.4, -0.2) is 42.2 Å². The molecule has 2 N–H and O–H groups in total. The molecule has 2 heterocycles. The molecule has 1 saturated heterocycles. The zero-order valence-electron chi connectivity index (χ0n) is 18.8. The second kappa shape index (κ2) is 9.20. The predicted molar refractivity (Wildman–Crippen MR) is 128 cm³/mol. The molecule has 0 bridgehead atoms. The van der Waals surface area contributed by atoms with Gasteiger partial charge in [-0.2, -0.15) is 0 Å². The monoisotopic (exact) mass is 456 g/mol. The Morgan fingerprint density at radius 1 is 1.15 bits per heavy atom. The van der Waals surface area contributed by atoms with Crippen molar-refractivity contribution >= 4 is 11.6 Å². The highest BCUT2D eigenvalue weighted by atomic mass is 19.1. The summed E-state index contributed by atoms with van der Waals surface area (Å²) in [7, 11) is 1.62. The van der Waals surface area contributed by atoms with Gasteiger partial charge in [0.2, 0.25) is 0 Å². The minimum Gasteiger partial charge on any atom is -0.495 e. The van der Waals surface area contributed by atoms with Gasteiger partial charge in [0, 0.05) is 29.3 Å². The zero-order chi connectivity index (χ0) is 23.7. The van der Waals surface area contributed by atoms with Crippen molar-refractivity contribution in [2.24, 2.45) is 5.92 Å². The molecule has 0 spiro atoms. The maximum Gasteiger partial charge on any atom is 0.254 e. The Balaban J connectivity index is 1.52. The fraction of sp³-hybridized carbons (Fsp3) is 0.250. The standard InChI is InChI=1S/C28H25FN2O3/c1-34-26-8-3-2-5-19(26)11-9-18-10-12-24-23(15-18)27-22(25(17-32)30-24)13-14-31(27)28(33)20-6-4-7-21(29)16-20/h2-8,10,12,15-16,22,25,27,30,32H,13-14,17H2,1H3/t22-,25+,27-/m0/s1. The largest absolute Gasteiger partial charge is 0.495 e. The van der Waals surface area contributed by atoms with E-state index in [1.165, 1.54) is 12.1 Å². The van der Waals surface area contributed by atoms with Crippen LogP contribution >= 0.6 is 0 Å². The number of amides is 1. The highest BCUT2D eigenvalue weighted by Gasteiger charge is 2.45. The summed E-state index contributed by atoms with van der Waals surface area (Å²) in [5, 5.41) is 13.4. The quantitative estimate of drug-likeness (QED) is 0.580. The van der Waals surface area contributed by atoms with Gasteiger partial charge in [0.15, 0.2) is 0 Å². The summed E-state index contributed by atoms with van der Waals surface area (Å²) in [6.07, 6.45) is 0.751. The Hall–Kier alpha value is -3.82. The molecule has 0 aliphatic carbocycles. The van der Waals surface area contributed by atoms with E-state index in [-0.39, 0.29) is 30.5 Å². The van der Waals surface area contributed by atoms with Gasteiger partial charge in [0.25, 0.3) is 5.91 Å². The molecule has 0 saturated carbocycles. The Morgan fingerprint density at radius 3 is 2.79 bits per heavy atom. The first-order valence-electron chi connectivity index (χ1n) is 11.3. The van der Waals surface area contributed by atoms with Gasteiger partial charge in [-0.25, -0.2) is 4.39 Å². The van der Waals surface area contributed by atoms with Gasteiger partial charge in [-0.05, 0) is 60.5 Å². The Labute approximate surface area is 198 Å². The number of carbonyl (C=O) groups excluding carboxylic acids is 1. The summed E-state index contributed by atoms with van der Waals surface area (Å²) in [6, 6.07) is 18.9. The molecule has 0 unspecified atom stereocenters. The molecule has 1 fully saturated rings. The maximum absolute atomic E-state index is 13.8. The number of nitrogens with zero attached hydrogens (tertiary/aromatic N) is 1. The second-order valence-electron chi connectivity index (χ2n) is 8.59. The normalized spacial score (nSPS) is 20.4. The van der Waals surface area contributed by atoms with Crippen molar-refractivity contribution in [2.75, 3.05) is 25.6 Å². The molecule has 172 valence electrons. The molecule has 1 amide bonds. The van der Waals surface area contributed by atoms with E-state index >= 15 is 0 Å². The van der Waals surface area contributed by atoms with Crippen LogP contribution in [0.2, 0.25) is 0 Å². The molecule has 3 aromatic rings. The van der Waals surface area contributed by atoms with Crippen molar-refractivity contribution in [2.45, 2.75) is 18.5 Å². The number of para-hydroxylation sites is 1. The number of anilines is 1. The van der Waals surface area contributed by atoms with Crippen molar-refractivity contribution in [1.82, 2.24) is 4.90 Å². The predicted octanol–water partition coefficient (Wildman–Crippen LogP) is 4.22. The van der Waals surface area contributed by atoms with Crippen molar-refractivity contribution in [3.05, 3.63) is 94.8 Å². The van der Waals surface area contributed by atoms with Crippen LogP contribution in [-0.2, 0) is 0 Å². The average molecular weight is 457 g/mol. The molecule has 3 atom stereocenters. The Bertz CT molecular complexity index is 1300. The van der Waals surface area contributed by atoms with Crippen molar-refractivity contribution in [1.29, 1.82) is 0 Å². The van der Waals surface area contributed by atoms with Crippen LogP contribution < -0.4 is 10.1 Å². The molecule has 5 rings (SSSR count). The SMILES string of the molecule is COc1ccccc1C#Cc1ccc2c(c1)[C@@H]1[C@@H](CCN1C(=O)c1cccc(F)c1)[C@@H](CO)N2. The third-order valence-electron chi connectivity index (χ3n) is 6.65. The number of benzene rings is 3. The van der Waals surface area contributed by atoms with Crippen molar-refractivity contribution < 1.29 is 19.0 Å². The van der Waals surface area contributed by atoms with Gasteiger partial charge in [0.1, 0.15) is 11.6 Å². The molecule has 0 radical (unpaired) electrons. The van der Waals surface area contributed by atoms with E-state index in [0.29, 0.717) is 17.9 Å². The summed E-state index contributed by atoms with van der Waals surface area (Å²) in [4.78, 5) is 15.2. The summed E-state index contributed by atoms with van der Waals surface area (Å²) in [5.41, 5.74) is 3.78. The fourth-order valence-corrected chi connectivity index (χ4v) is 5.04. The van der Waals surface area contributed by atoms with Crippen LogP contribution in [0.4, 0.5) is 10.1 Å². The lowest BCUT2D eigenvalue weighted by molar-refractivity contribution is 0.0700. The van der Waals surface area contributed by atoms with Crippen LogP contribution in [0.5, 0.6) is 5.75 Å². The van der Waals surface area contributed by atoms with E-state index in [1.54, 1.807) is 24.1 Å². The molecular weight excluding hydrogens is 431 g/mol. The van der Waals surface area contributed by atoms with E-state index in [1.807, 2.05) is 42.5 Å². The molecule has 2 aliphatic heterocycles. The van der Waals surface area contributed by atoms with E-state index in [4.69, 9.17) is 4.74 Å². The maximum atomic E-state index is 13.8. The topological polar surface area (TPSA) is 61.8 Å². The first-order valence-corrected chi connectivity index (χ1v) is 11.3. The summed E-state index contributed by atoms with van der Waals surface area (Å²) >= 11 is 0. The Morgan fingerprint density at radius 2 is 2.00 bits per heavy atom. The number of ether oxygens (including phenoxy) is 1. The molecule has 34 heavy (non-hydrogen) atoms. The van der Waals surface area contributed by atoms with Crippen LogP contribution in [0.25, 0.3) is 0 Å². The number of hydrogen-bond acceptors (Lipinski definition) is 4. The number of rotatable bonds is 3. The zero-order valence-corrected chi connectivity index (χ0v) is 18.8. The third-order valence-corrected chi connectivity index (χ3v) is 6.65. The number of likely N-dealkylation sites (tertiary alicyclic amines) is 1. The van der Waals surface area contributed by atoms with E-state index in [2.05, 4.69) is 17.2 Å². The molecule has 3 aromatic carbocycles. The molecule has 2 aliphatic rings. The number of hydrogen-bond donors (Lipinski definition) is 2. The molecular formula is C28H25FN2O3. The van der Waals surface area contributed by atoms with Gasteiger partial charge in [-0.1, -0.05) is 30.0 Å². The van der Waals surface area contributed by atoms with E-state index < -0.39 is 5.82 Å². The highest BCUT2D eigenvalue weighted by Crippen LogP contribution is 2.47. The summed E-state index contributed by atoms with van der Waals surface area (Å²) in [5.74, 6) is 6.51. The van der Waals surface area contributed by atoms with Gasteiger partial charge < -0.3 is 20.1 Å². The van der Waals surface area contributed by atoms with E-state index in [9.17, 15) is 14.3 Å². The van der Waals surface area contributed by atoms with Gasteiger partial charge in [0.05, 0.1) is 31.4 Å². The lowest BCUT2D eigenvalue weighted by Gasteiger charge is -2.39. The number of aliphatic hydroxyl groups is 1. The van der Waals surface area contributed by atoms with Crippen LogP contribution in [0.1, 0.15) is 39.5 Å². The minimum absolute atomic E-state index is 0.0298. The molecule has 5 nitrogen and oxygen atoms in total. The van der Waals surface area contributed by atoms with Crippen molar-refractivity contribution in [3.8, 4) is 17.6 Å². The first-order chi connectivity index (χ1) is 16.6. The van der Waals surface area contributed by atoms with Gasteiger partial charge in [-0.3, -0.25) is 4.79 Å². The van der Waals surface area contributed by atoms with E-state index in [0.717, 1.165) is 28.8 Å². The number of halogens is 1. The smallest absolute Gasteiger partial charge is 0.254 e. The summed E-state index contributed by atoms with van der Waals surface area (Å²) < 4.78 is 19.2. The third kappa shape index (κ3) is 4.00. The number of aliphatic hydroxyl groups excluding tert-OH is 1. The number of fused-ring (bicyclic) bond motifs is 3. The number of methoxy groups -OCH3 is 1. The fourth-order valence-electron chi connectivity index (χ4n) is 5.04. The number of carbonyl (C=O) groups is 1. The first kappa shape index (κ1) is 22.0. The van der Waals surface area contributed by atoms with Crippen molar-refractivity contribution in [3.63, 3.8) is 0 Å². The minimum atomic E-state index is -0.436. The molecule has 6 heteroatoms. The summed E-state index contributed by atoms with van der Waals surface area (Å²) in [6.45, 7) is 0.511. The highest BCUT2D eigenvalue weighted by molar-refractivity contribution is 5.95. The van der Waals surface area contributed by atoms with Crippen LogP contribution in [0.3, 0.4) is 0 Å². The Kier molecular flexibility index (Phi) is 5.95. The second-order valence-corrected chi connectivity index (χ2v) is 8.59. The lowest BCUT2D eigenvalue weighted by atomic mass is 9.82. The lowest BCUT2D eigenvalue weighted by Crippen LogP contribution is -2.42. The van der Waals surface area contributed by atoms with Crippen LogP contribution in [0, 0.1) is 23.6 Å². The molecule has 0 aromatic heterocycles.